The van der Waals surface area contributed by atoms with Crippen LogP contribution in [0.1, 0.15) is 15.9 Å². The summed E-state index contributed by atoms with van der Waals surface area (Å²) in [6.45, 7) is 0.138. The molecule has 0 radical (unpaired) electrons. The van der Waals surface area contributed by atoms with E-state index >= 15 is 0 Å². The van der Waals surface area contributed by atoms with Gasteiger partial charge in [0.2, 0.25) is 0 Å². The van der Waals surface area contributed by atoms with Crippen molar-refractivity contribution >= 4 is 40.8 Å². The van der Waals surface area contributed by atoms with Gasteiger partial charge in [0, 0.05) is 15.6 Å². The Labute approximate surface area is 130 Å². The lowest BCUT2D eigenvalue weighted by Gasteiger charge is -2.10. The molecule has 2 aromatic carbocycles. The number of ether oxygens (including phenoxy) is 1. The normalized spacial score (nSPS) is 10.3. The number of carboxylic acid groups (broad SMARTS) is 1. The van der Waals surface area contributed by atoms with Gasteiger partial charge in [0.25, 0.3) is 0 Å². The zero-order valence-electron chi connectivity index (χ0n) is 10.1. The molecule has 2 rings (SSSR count). The van der Waals surface area contributed by atoms with Crippen LogP contribution in [0.2, 0.25) is 15.1 Å². The summed E-state index contributed by atoms with van der Waals surface area (Å²) in [5.74, 6) is -0.737. The molecule has 2 aromatic rings. The molecular formula is C14H9Cl3O3. The molecule has 0 unspecified atom stereocenters. The Balaban J connectivity index is 2.19. The molecule has 6 heteroatoms. The monoisotopic (exact) mass is 330 g/mol. The summed E-state index contributed by atoms with van der Waals surface area (Å²) >= 11 is 17.8. The maximum absolute atomic E-state index is 11.0. The summed E-state index contributed by atoms with van der Waals surface area (Å²) in [5.41, 5.74) is 0.622. The maximum atomic E-state index is 11.0. The van der Waals surface area contributed by atoms with Crippen LogP contribution in [0.5, 0.6) is 5.75 Å². The van der Waals surface area contributed by atoms with Crippen molar-refractivity contribution in [3.05, 3.63) is 62.6 Å². The molecule has 20 heavy (non-hydrogen) atoms. The minimum Gasteiger partial charge on any atom is -0.489 e. The summed E-state index contributed by atoms with van der Waals surface area (Å²) in [7, 11) is 0. The molecule has 0 aliphatic rings. The van der Waals surface area contributed by atoms with Crippen molar-refractivity contribution in [2.45, 2.75) is 6.61 Å². The standard InChI is InChI=1S/C14H9Cl3O3/c15-11-2-1-3-12(16)10(11)7-20-8-4-5-13(17)9(6-8)14(18)19/h1-6H,7H2,(H,18,19). The zero-order valence-corrected chi connectivity index (χ0v) is 12.3. The van der Waals surface area contributed by atoms with Crippen molar-refractivity contribution in [1.82, 2.24) is 0 Å². The summed E-state index contributed by atoms with van der Waals surface area (Å²) in [4.78, 5) is 11.0. The van der Waals surface area contributed by atoms with E-state index in [0.29, 0.717) is 21.4 Å². The number of hydrogen-bond acceptors (Lipinski definition) is 2. The van der Waals surface area contributed by atoms with Gasteiger partial charge in [-0.25, -0.2) is 4.79 Å². The van der Waals surface area contributed by atoms with Crippen LogP contribution in [0, 0.1) is 0 Å². The summed E-state index contributed by atoms with van der Waals surface area (Å²) in [5, 5.41) is 10.1. The third kappa shape index (κ3) is 3.37. The van der Waals surface area contributed by atoms with E-state index in [1.807, 2.05) is 0 Å². The Morgan fingerprint density at radius 2 is 1.70 bits per heavy atom. The fourth-order valence-corrected chi connectivity index (χ4v) is 2.29. The van der Waals surface area contributed by atoms with Crippen LogP contribution in [0.25, 0.3) is 0 Å². The van der Waals surface area contributed by atoms with Gasteiger partial charge < -0.3 is 9.84 Å². The van der Waals surface area contributed by atoms with Crippen LogP contribution in [0.4, 0.5) is 0 Å². The first-order chi connectivity index (χ1) is 9.49. The van der Waals surface area contributed by atoms with Gasteiger partial charge in [-0.15, -0.1) is 0 Å². The fraction of sp³-hybridized carbons (Fsp3) is 0.0714. The van der Waals surface area contributed by atoms with Crippen LogP contribution in [0.3, 0.4) is 0 Å². The predicted octanol–water partition coefficient (Wildman–Crippen LogP) is 4.92. The second kappa shape index (κ2) is 6.35. The van der Waals surface area contributed by atoms with Crippen molar-refractivity contribution in [1.29, 1.82) is 0 Å². The zero-order chi connectivity index (χ0) is 14.7. The average Bonchev–Trinajstić information content (AvgIpc) is 2.39. The van der Waals surface area contributed by atoms with Crippen LogP contribution in [-0.2, 0) is 6.61 Å². The molecule has 0 atom stereocenters. The van der Waals surface area contributed by atoms with Gasteiger partial charge in [-0.05, 0) is 30.3 Å². The van der Waals surface area contributed by atoms with Crippen LogP contribution in [0.15, 0.2) is 36.4 Å². The number of hydrogen-bond donors (Lipinski definition) is 1. The molecule has 0 amide bonds. The molecule has 0 heterocycles. The second-order valence-corrected chi connectivity index (χ2v) is 5.16. The molecular weight excluding hydrogens is 323 g/mol. The number of halogens is 3. The molecule has 0 spiro atoms. The quantitative estimate of drug-likeness (QED) is 0.864. The smallest absolute Gasteiger partial charge is 0.337 e. The first-order valence-electron chi connectivity index (χ1n) is 5.57. The Hall–Kier alpha value is -1.42. The first kappa shape index (κ1) is 15.0. The lowest BCUT2D eigenvalue weighted by atomic mass is 10.2. The predicted molar refractivity (Wildman–Crippen MR) is 79.2 cm³/mol. The van der Waals surface area contributed by atoms with Crippen molar-refractivity contribution in [3.8, 4) is 5.75 Å². The minimum atomic E-state index is -1.11. The lowest BCUT2D eigenvalue weighted by molar-refractivity contribution is 0.0696. The average molecular weight is 332 g/mol. The van der Waals surface area contributed by atoms with E-state index in [-0.39, 0.29) is 17.2 Å². The molecule has 3 nitrogen and oxygen atoms in total. The Kier molecular flexibility index (Phi) is 4.76. The van der Waals surface area contributed by atoms with Crippen LogP contribution in [-0.4, -0.2) is 11.1 Å². The topological polar surface area (TPSA) is 46.5 Å². The molecule has 0 aliphatic heterocycles. The van der Waals surface area contributed by atoms with Gasteiger partial charge in [0.05, 0.1) is 10.6 Å². The van der Waals surface area contributed by atoms with Crippen molar-refractivity contribution in [2.75, 3.05) is 0 Å². The largest absolute Gasteiger partial charge is 0.489 e. The van der Waals surface area contributed by atoms with E-state index in [9.17, 15) is 4.79 Å². The highest BCUT2D eigenvalue weighted by atomic mass is 35.5. The van der Waals surface area contributed by atoms with E-state index in [1.165, 1.54) is 12.1 Å². The van der Waals surface area contributed by atoms with E-state index < -0.39 is 5.97 Å². The number of aromatic carboxylic acids is 1. The maximum Gasteiger partial charge on any atom is 0.337 e. The lowest BCUT2D eigenvalue weighted by Crippen LogP contribution is -2.01. The summed E-state index contributed by atoms with van der Waals surface area (Å²) < 4.78 is 5.51. The highest BCUT2D eigenvalue weighted by Crippen LogP contribution is 2.27. The van der Waals surface area contributed by atoms with Crippen molar-refractivity contribution in [3.63, 3.8) is 0 Å². The highest BCUT2D eigenvalue weighted by Gasteiger charge is 2.11. The Bertz CT molecular complexity index is 636. The third-order valence-electron chi connectivity index (χ3n) is 2.61. The third-order valence-corrected chi connectivity index (χ3v) is 3.65. The molecule has 0 fully saturated rings. The van der Waals surface area contributed by atoms with E-state index in [4.69, 9.17) is 44.6 Å². The second-order valence-electron chi connectivity index (χ2n) is 3.94. The number of carboxylic acids is 1. The number of benzene rings is 2. The minimum absolute atomic E-state index is 0.0191. The molecule has 1 N–H and O–H groups in total. The number of rotatable bonds is 4. The van der Waals surface area contributed by atoms with E-state index in [0.717, 1.165) is 0 Å². The Morgan fingerprint density at radius 3 is 2.30 bits per heavy atom. The Morgan fingerprint density at radius 1 is 1.05 bits per heavy atom. The SMILES string of the molecule is O=C(O)c1cc(OCc2c(Cl)cccc2Cl)ccc1Cl. The molecule has 0 bridgehead atoms. The molecule has 104 valence electrons. The molecule has 0 aliphatic carbocycles. The van der Waals surface area contributed by atoms with Crippen LogP contribution < -0.4 is 4.74 Å². The summed E-state index contributed by atoms with van der Waals surface area (Å²) in [6, 6.07) is 9.55. The van der Waals surface area contributed by atoms with Gasteiger partial charge in [-0.1, -0.05) is 40.9 Å². The van der Waals surface area contributed by atoms with Gasteiger partial charge in [-0.2, -0.15) is 0 Å². The van der Waals surface area contributed by atoms with E-state index in [2.05, 4.69) is 0 Å². The van der Waals surface area contributed by atoms with Gasteiger partial charge in [-0.3, -0.25) is 0 Å². The van der Waals surface area contributed by atoms with Crippen LogP contribution >= 0.6 is 34.8 Å². The van der Waals surface area contributed by atoms with Gasteiger partial charge in [0.15, 0.2) is 0 Å². The van der Waals surface area contributed by atoms with Crippen molar-refractivity contribution in [2.24, 2.45) is 0 Å². The van der Waals surface area contributed by atoms with E-state index in [1.54, 1.807) is 24.3 Å². The van der Waals surface area contributed by atoms with Gasteiger partial charge >= 0.3 is 5.97 Å². The molecule has 0 aromatic heterocycles. The van der Waals surface area contributed by atoms with Crippen molar-refractivity contribution < 1.29 is 14.6 Å². The summed E-state index contributed by atoms with van der Waals surface area (Å²) in [6.07, 6.45) is 0. The molecule has 0 saturated carbocycles. The number of carbonyl (C=O) groups is 1. The van der Waals surface area contributed by atoms with Gasteiger partial charge in [0.1, 0.15) is 12.4 Å². The first-order valence-corrected chi connectivity index (χ1v) is 6.71. The molecule has 0 saturated heterocycles. The highest BCUT2D eigenvalue weighted by molar-refractivity contribution is 6.36. The fourth-order valence-electron chi connectivity index (χ4n) is 1.58.